The van der Waals surface area contributed by atoms with Crippen molar-refractivity contribution in [3.63, 3.8) is 0 Å². The molecule has 0 aromatic heterocycles. The van der Waals surface area contributed by atoms with Gasteiger partial charge in [-0.15, -0.1) is 0 Å². The molecule has 12 heavy (non-hydrogen) atoms. The number of benzene rings is 1. The largest absolute Gasteiger partial charge is 0.0893 e. The smallest absolute Gasteiger partial charge is 0.0123 e. The van der Waals surface area contributed by atoms with Crippen molar-refractivity contribution in [2.24, 2.45) is 0 Å². The molecule has 0 aliphatic carbocycles. The van der Waals surface area contributed by atoms with Crippen LogP contribution in [0.2, 0.25) is 0 Å². The van der Waals surface area contributed by atoms with E-state index in [1.54, 1.807) is 0 Å². The van der Waals surface area contributed by atoms with Gasteiger partial charge in [-0.3, -0.25) is 0 Å². The molecule has 2 unspecified atom stereocenters. The summed E-state index contributed by atoms with van der Waals surface area (Å²) in [6.45, 7) is 4.46. The summed E-state index contributed by atoms with van der Waals surface area (Å²) in [4.78, 5) is 0.604. The van der Waals surface area contributed by atoms with Crippen molar-refractivity contribution in [1.82, 2.24) is 0 Å². The van der Waals surface area contributed by atoms with Gasteiger partial charge in [0.15, 0.2) is 0 Å². The Labute approximate surface area is 83.1 Å². The topological polar surface area (TPSA) is 0 Å². The molecule has 0 N–H and O–H groups in total. The summed E-state index contributed by atoms with van der Waals surface area (Å²) in [5.41, 5.74) is 1.43. The Balaban J connectivity index is 2.59. The Kier molecular flexibility index (Phi) is 3.80. The fourth-order valence-corrected chi connectivity index (χ4v) is 1.97. The van der Waals surface area contributed by atoms with Crippen LogP contribution in [-0.2, 0) is 0 Å². The second kappa shape index (κ2) is 4.66. The molecule has 0 saturated heterocycles. The van der Waals surface area contributed by atoms with Crippen LogP contribution in [0, 0.1) is 0 Å². The van der Waals surface area contributed by atoms with Crippen LogP contribution in [0.15, 0.2) is 30.3 Å². The van der Waals surface area contributed by atoms with Crippen LogP contribution in [0.3, 0.4) is 0 Å². The van der Waals surface area contributed by atoms with Gasteiger partial charge in [0.2, 0.25) is 0 Å². The molecule has 1 aromatic rings. The van der Waals surface area contributed by atoms with Crippen molar-refractivity contribution >= 4 is 15.9 Å². The van der Waals surface area contributed by atoms with Gasteiger partial charge >= 0.3 is 0 Å². The maximum absolute atomic E-state index is 3.57. The molecule has 0 saturated carbocycles. The highest BCUT2D eigenvalue weighted by molar-refractivity contribution is 9.09. The van der Waals surface area contributed by atoms with Crippen LogP contribution >= 0.6 is 15.9 Å². The average Bonchev–Trinajstić information content (AvgIpc) is 2.05. The monoisotopic (exact) mass is 226 g/mol. The lowest BCUT2D eigenvalue weighted by atomic mass is 9.97. The SMILES string of the molecule is CC(Br)CC(C)c1ccccc1. The van der Waals surface area contributed by atoms with Gasteiger partial charge in [-0.1, -0.05) is 60.1 Å². The molecular weight excluding hydrogens is 212 g/mol. The van der Waals surface area contributed by atoms with E-state index in [-0.39, 0.29) is 0 Å². The predicted octanol–water partition coefficient (Wildman–Crippen LogP) is 3.96. The van der Waals surface area contributed by atoms with Crippen LogP contribution in [0.4, 0.5) is 0 Å². The first kappa shape index (κ1) is 9.79. The highest BCUT2D eigenvalue weighted by Crippen LogP contribution is 2.22. The number of halogens is 1. The van der Waals surface area contributed by atoms with Crippen molar-refractivity contribution in [2.75, 3.05) is 0 Å². The van der Waals surface area contributed by atoms with Gasteiger partial charge in [0.05, 0.1) is 0 Å². The van der Waals surface area contributed by atoms with E-state index in [1.807, 2.05) is 0 Å². The first-order valence-electron chi connectivity index (χ1n) is 4.39. The summed E-state index contributed by atoms with van der Waals surface area (Å²) in [5, 5.41) is 0. The molecule has 0 bridgehead atoms. The molecule has 0 amide bonds. The number of rotatable bonds is 3. The summed E-state index contributed by atoms with van der Waals surface area (Å²) in [6.07, 6.45) is 1.20. The molecule has 0 heterocycles. The number of hydrogen-bond acceptors (Lipinski definition) is 0. The van der Waals surface area contributed by atoms with Crippen molar-refractivity contribution in [3.8, 4) is 0 Å². The predicted molar refractivity (Wildman–Crippen MR) is 57.9 cm³/mol. The third kappa shape index (κ3) is 2.98. The van der Waals surface area contributed by atoms with E-state index in [1.165, 1.54) is 12.0 Å². The maximum atomic E-state index is 3.57. The van der Waals surface area contributed by atoms with E-state index in [0.29, 0.717) is 10.7 Å². The van der Waals surface area contributed by atoms with Crippen LogP contribution in [0.5, 0.6) is 0 Å². The third-order valence-electron chi connectivity index (χ3n) is 2.05. The quantitative estimate of drug-likeness (QED) is 0.685. The first-order chi connectivity index (χ1) is 5.70. The van der Waals surface area contributed by atoms with E-state index in [0.717, 1.165) is 0 Å². The third-order valence-corrected chi connectivity index (χ3v) is 2.42. The Hall–Kier alpha value is -0.300. The molecule has 0 spiro atoms. The van der Waals surface area contributed by atoms with E-state index >= 15 is 0 Å². The van der Waals surface area contributed by atoms with Gasteiger partial charge in [0, 0.05) is 4.83 Å². The summed E-state index contributed by atoms with van der Waals surface area (Å²) in [6, 6.07) is 10.7. The number of hydrogen-bond donors (Lipinski definition) is 0. The van der Waals surface area contributed by atoms with Crippen LogP contribution in [0.1, 0.15) is 31.7 Å². The average molecular weight is 227 g/mol. The van der Waals surface area contributed by atoms with E-state index in [9.17, 15) is 0 Å². The van der Waals surface area contributed by atoms with Gasteiger partial charge in [-0.25, -0.2) is 0 Å². The molecule has 0 aliphatic rings. The van der Waals surface area contributed by atoms with Crippen molar-refractivity contribution < 1.29 is 0 Å². The highest BCUT2D eigenvalue weighted by atomic mass is 79.9. The number of alkyl halides is 1. The minimum atomic E-state index is 0.604. The molecule has 0 aliphatic heterocycles. The van der Waals surface area contributed by atoms with Crippen molar-refractivity contribution in [3.05, 3.63) is 35.9 Å². The molecule has 0 radical (unpaired) electrons. The zero-order valence-electron chi connectivity index (χ0n) is 7.63. The maximum Gasteiger partial charge on any atom is 0.0123 e. The Morgan fingerprint density at radius 2 is 1.75 bits per heavy atom. The van der Waals surface area contributed by atoms with Crippen molar-refractivity contribution in [2.45, 2.75) is 31.0 Å². The van der Waals surface area contributed by atoms with Gasteiger partial charge in [0.1, 0.15) is 0 Å². The first-order valence-corrected chi connectivity index (χ1v) is 5.30. The molecule has 0 fully saturated rings. The second-order valence-electron chi connectivity index (χ2n) is 3.33. The van der Waals surface area contributed by atoms with Gasteiger partial charge in [-0.05, 0) is 17.9 Å². The highest BCUT2D eigenvalue weighted by Gasteiger charge is 2.07. The summed E-state index contributed by atoms with van der Waals surface area (Å²) >= 11 is 3.57. The minimum Gasteiger partial charge on any atom is -0.0893 e. The minimum absolute atomic E-state index is 0.604. The molecule has 1 rings (SSSR count). The Morgan fingerprint density at radius 1 is 1.17 bits per heavy atom. The Bertz CT molecular complexity index is 216. The zero-order chi connectivity index (χ0) is 8.97. The lowest BCUT2D eigenvalue weighted by molar-refractivity contribution is 0.682. The van der Waals surface area contributed by atoms with Crippen LogP contribution in [0.25, 0.3) is 0 Å². The lowest BCUT2D eigenvalue weighted by Gasteiger charge is -2.12. The van der Waals surface area contributed by atoms with Crippen molar-refractivity contribution in [1.29, 1.82) is 0 Å². The molecule has 1 heteroatoms. The Morgan fingerprint density at radius 3 is 2.25 bits per heavy atom. The van der Waals surface area contributed by atoms with E-state index in [2.05, 4.69) is 60.1 Å². The van der Waals surface area contributed by atoms with E-state index in [4.69, 9.17) is 0 Å². The fraction of sp³-hybridized carbons (Fsp3) is 0.455. The second-order valence-corrected chi connectivity index (χ2v) is 4.89. The molecule has 0 nitrogen and oxygen atoms in total. The van der Waals surface area contributed by atoms with Gasteiger partial charge in [0.25, 0.3) is 0 Å². The molecule has 66 valence electrons. The van der Waals surface area contributed by atoms with Gasteiger partial charge in [-0.2, -0.15) is 0 Å². The summed E-state index contributed by atoms with van der Waals surface area (Å²) < 4.78 is 0. The summed E-state index contributed by atoms with van der Waals surface area (Å²) in [5.74, 6) is 0.653. The molecule has 2 atom stereocenters. The molecule has 1 aromatic carbocycles. The standard InChI is InChI=1S/C11H15Br/c1-9(8-10(2)12)11-6-4-3-5-7-11/h3-7,9-10H,8H2,1-2H3. The lowest BCUT2D eigenvalue weighted by Crippen LogP contribution is -1.99. The van der Waals surface area contributed by atoms with Gasteiger partial charge < -0.3 is 0 Å². The zero-order valence-corrected chi connectivity index (χ0v) is 9.21. The van der Waals surface area contributed by atoms with Crippen LogP contribution < -0.4 is 0 Å². The fourth-order valence-electron chi connectivity index (χ4n) is 1.40. The molecular formula is C11H15Br. The summed E-state index contributed by atoms with van der Waals surface area (Å²) in [7, 11) is 0. The van der Waals surface area contributed by atoms with Crippen LogP contribution in [-0.4, -0.2) is 4.83 Å². The normalized spacial score (nSPS) is 15.6. The van der Waals surface area contributed by atoms with E-state index < -0.39 is 0 Å².